The number of fused-ring (bicyclic) bond motifs is 1. The zero-order valence-corrected chi connectivity index (χ0v) is 26.4. The summed E-state index contributed by atoms with van der Waals surface area (Å²) in [5, 5.41) is 8.06. The van der Waals surface area contributed by atoms with Crippen molar-refractivity contribution in [1.29, 1.82) is 0 Å². The summed E-state index contributed by atoms with van der Waals surface area (Å²) in [6.07, 6.45) is -1.80. The number of carbonyl (C=O) groups excluding carboxylic acids is 4. The molecule has 2 aliphatic heterocycles. The van der Waals surface area contributed by atoms with Crippen LogP contribution in [0.3, 0.4) is 0 Å². The molecule has 3 aromatic rings. The quantitative estimate of drug-likeness (QED) is 0.143. The number of rotatable bonds is 10. The summed E-state index contributed by atoms with van der Waals surface area (Å²) >= 11 is 2.62. The van der Waals surface area contributed by atoms with Crippen LogP contribution in [0.4, 0.5) is 4.79 Å². The number of nitrogens with one attached hydrogen (secondary N) is 1. The highest BCUT2D eigenvalue weighted by molar-refractivity contribution is 8.00. The van der Waals surface area contributed by atoms with Crippen LogP contribution in [0, 0.1) is 0 Å². The van der Waals surface area contributed by atoms with Crippen LogP contribution >= 0.6 is 23.1 Å². The van der Waals surface area contributed by atoms with Gasteiger partial charge in [0.1, 0.15) is 29.3 Å². The molecule has 45 heavy (non-hydrogen) atoms. The maximum absolute atomic E-state index is 13.9. The van der Waals surface area contributed by atoms with Crippen molar-refractivity contribution in [1.82, 2.24) is 10.2 Å². The zero-order valence-electron chi connectivity index (χ0n) is 24.8. The summed E-state index contributed by atoms with van der Waals surface area (Å²) in [5.74, 6) is -1.68. The number of thiophene rings is 1. The summed E-state index contributed by atoms with van der Waals surface area (Å²) in [7, 11) is 0. The molecule has 2 atom stereocenters. The topological polar surface area (TPSA) is 150 Å². The van der Waals surface area contributed by atoms with E-state index in [1.165, 1.54) is 28.0 Å². The lowest BCUT2D eigenvalue weighted by Gasteiger charge is -2.49. The van der Waals surface area contributed by atoms with Crippen LogP contribution in [0.5, 0.6) is 0 Å². The average molecular weight is 649 g/mol. The van der Waals surface area contributed by atoms with Crippen molar-refractivity contribution in [3.63, 3.8) is 0 Å². The molecule has 0 bridgehead atoms. The fraction of sp³-hybridized carbons (Fsp3) is 0.281. The van der Waals surface area contributed by atoms with Crippen molar-refractivity contribution in [2.24, 2.45) is 10.9 Å². The van der Waals surface area contributed by atoms with E-state index in [2.05, 4.69) is 10.5 Å². The highest BCUT2D eigenvalue weighted by atomic mass is 32.2. The molecule has 13 heteroatoms. The van der Waals surface area contributed by atoms with E-state index < -0.39 is 47.0 Å². The number of nitrogens with two attached hydrogens (primary N) is 1. The number of amides is 3. The minimum Gasteiger partial charge on any atom is -0.448 e. The Morgan fingerprint density at radius 2 is 1.67 bits per heavy atom. The van der Waals surface area contributed by atoms with Gasteiger partial charge in [-0.15, -0.1) is 23.1 Å². The molecular formula is C32H32N4O7S2. The summed E-state index contributed by atoms with van der Waals surface area (Å²) in [4.78, 5) is 59.8. The van der Waals surface area contributed by atoms with Crippen molar-refractivity contribution in [2.75, 3.05) is 12.4 Å². The first-order valence-corrected chi connectivity index (χ1v) is 16.0. The van der Waals surface area contributed by atoms with Gasteiger partial charge in [0.2, 0.25) is 0 Å². The Kier molecular flexibility index (Phi) is 9.59. The Bertz CT molecular complexity index is 1580. The lowest BCUT2D eigenvalue weighted by Crippen LogP contribution is -2.71. The Morgan fingerprint density at radius 3 is 2.22 bits per heavy atom. The van der Waals surface area contributed by atoms with Crippen LogP contribution in [-0.2, 0) is 28.7 Å². The molecule has 3 N–H and O–H groups in total. The second-order valence-corrected chi connectivity index (χ2v) is 13.2. The molecule has 3 amide bonds. The molecule has 0 aliphatic carbocycles. The summed E-state index contributed by atoms with van der Waals surface area (Å²) in [6.45, 7) is 5.11. The zero-order chi connectivity index (χ0) is 32.1. The number of benzene rings is 2. The Hall–Kier alpha value is -4.62. The first-order valence-electron chi connectivity index (χ1n) is 14.0. The van der Waals surface area contributed by atoms with E-state index in [1.807, 2.05) is 60.7 Å². The summed E-state index contributed by atoms with van der Waals surface area (Å²) in [6, 6.07) is 21.0. The first-order chi connectivity index (χ1) is 21.5. The fourth-order valence-corrected chi connectivity index (χ4v) is 6.72. The number of nitrogens with zero attached hydrogens (tertiary/aromatic N) is 2. The van der Waals surface area contributed by atoms with E-state index in [0.29, 0.717) is 10.5 Å². The number of hydrogen-bond donors (Lipinski definition) is 2. The maximum atomic E-state index is 13.9. The van der Waals surface area contributed by atoms with Gasteiger partial charge in [-0.3, -0.25) is 14.5 Å². The largest absolute Gasteiger partial charge is 0.448 e. The Morgan fingerprint density at radius 1 is 1.02 bits per heavy atom. The van der Waals surface area contributed by atoms with Gasteiger partial charge in [0.05, 0.1) is 4.88 Å². The van der Waals surface area contributed by atoms with Crippen molar-refractivity contribution in [3.8, 4) is 0 Å². The van der Waals surface area contributed by atoms with E-state index in [9.17, 15) is 19.2 Å². The van der Waals surface area contributed by atoms with Crippen LogP contribution in [0.15, 0.2) is 94.6 Å². The molecule has 3 heterocycles. The molecule has 234 valence electrons. The molecule has 2 aromatic carbocycles. The smallest absolute Gasteiger partial charge is 0.404 e. The van der Waals surface area contributed by atoms with Crippen molar-refractivity contribution in [2.45, 2.75) is 43.9 Å². The first kappa shape index (κ1) is 31.8. The molecule has 5 rings (SSSR count). The number of esters is 1. The third kappa shape index (κ3) is 7.37. The maximum Gasteiger partial charge on any atom is 0.404 e. The van der Waals surface area contributed by atoms with Gasteiger partial charge >= 0.3 is 12.1 Å². The van der Waals surface area contributed by atoms with Gasteiger partial charge in [-0.25, -0.2) is 9.59 Å². The van der Waals surface area contributed by atoms with E-state index in [1.54, 1.807) is 38.3 Å². The van der Waals surface area contributed by atoms with Gasteiger partial charge in [-0.05, 0) is 43.3 Å². The standard InChI is InChI=1S/C32H32N4O7S2/c1-32(2,3)43-35-23(22-15-10-16-44-22)27(37)34-24-28(38)36-25(21(17-41-31(33)40)18-45-29(24)36)30(39)42-26(19-11-6-4-7-12-19)20-13-8-5-9-14-20/h4-16,24,26,29H,17-18H2,1-3H3,(H2,33,40)(H,34,37)/t24-,29-/m1/s1. The third-order valence-electron chi connectivity index (χ3n) is 6.73. The number of thioether (sulfide) groups is 1. The molecule has 1 fully saturated rings. The Labute approximate surface area is 268 Å². The number of hydrogen-bond acceptors (Lipinski definition) is 10. The monoisotopic (exact) mass is 648 g/mol. The minimum atomic E-state index is -1.02. The van der Waals surface area contributed by atoms with Gasteiger partial charge in [0, 0.05) is 11.3 Å². The second-order valence-electron chi connectivity index (χ2n) is 11.1. The highest BCUT2D eigenvalue weighted by Gasteiger charge is 2.55. The van der Waals surface area contributed by atoms with Gasteiger partial charge < -0.3 is 25.4 Å². The van der Waals surface area contributed by atoms with Gasteiger partial charge in [-0.2, -0.15) is 0 Å². The van der Waals surface area contributed by atoms with E-state index in [4.69, 9.17) is 20.0 Å². The second kappa shape index (κ2) is 13.6. The van der Waals surface area contributed by atoms with E-state index in [-0.39, 0.29) is 23.8 Å². The summed E-state index contributed by atoms with van der Waals surface area (Å²) in [5.41, 5.74) is 6.37. The van der Waals surface area contributed by atoms with Crippen LogP contribution < -0.4 is 11.1 Å². The molecule has 11 nitrogen and oxygen atoms in total. The third-order valence-corrected chi connectivity index (χ3v) is 8.94. The van der Waals surface area contributed by atoms with Gasteiger partial charge in [-0.1, -0.05) is 71.9 Å². The molecule has 1 saturated heterocycles. The number of ether oxygens (including phenoxy) is 2. The molecule has 1 aromatic heterocycles. The van der Waals surface area contributed by atoms with Crippen LogP contribution in [0.25, 0.3) is 0 Å². The molecule has 0 spiro atoms. The molecule has 0 unspecified atom stereocenters. The highest BCUT2D eigenvalue weighted by Crippen LogP contribution is 2.41. The van der Waals surface area contributed by atoms with E-state index in [0.717, 1.165) is 11.1 Å². The number of carbonyl (C=O) groups is 4. The number of oxime groups is 1. The van der Waals surface area contributed by atoms with Crippen molar-refractivity contribution < 1.29 is 33.5 Å². The van der Waals surface area contributed by atoms with Gasteiger partial charge in [0.25, 0.3) is 11.8 Å². The lowest BCUT2D eigenvalue weighted by atomic mass is 10.0. The molecule has 0 saturated carbocycles. The SMILES string of the molecule is CC(C)(C)ON=C(C(=O)N[C@@H]1C(=O)N2C(C(=O)OC(c3ccccc3)c3ccccc3)=C(COC(N)=O)CS[C@H]12)c1cccs1. The summed E-state index contributed by atoms with van der Waals surface area (Å²) < 4.78 is 11.1. The van der Waals surface area contributed by atoms with Crippen LogP contribution in [0.1, 0.15) is 42.9 Å². The molecular weight excluding hydrogens is 617 g/mol. The van der Waals surface area contributed by atoms with Crippen molar-refractivity contribution in [3.05, 3.63) is 105 Å². The predicted molar refractivity (Wildman–Crippen MR) is 170 cm³/mol. The predicted octanol–water partition coefficient (Wildman–Crippen LogP) is 4.35. The minimum absolute atomic E-state index is 0.0336. The normalized spacial score (nSPS) is 18.2. The van der Waals surface area contributed by atoms with Crippen LogP contribution in [0.2, 0.25) is 0 Å². The number of primary amides is 1. The molecule has 2 aliphatic rings. The molecule has 0 radical (unpaired) electrons. The average Bonchev–Trinajstić information content (AvgIpc) is 3.56. The van der Waals surface area contributed by atoms with Crippen molar-refractivity contribution >= 4 is 52.7 Å². The van der Waals surface area contributed by atoms with E-state index >= 15 is 0 Å². The fourth-order valence-electron chi connectivity index (χ4n) is 4.69. The van der Waals surface area contributed by atoms with Crippen LogP contribution in [-0.4, -0.2) is 63.9 Å². The lowest BCUT2D eigenvalue weighted by molar-refractivity contribution is -0.154. The van der Waals surface area contributed by atoms with Gasteiger partial charge in [0.15, 0.2) is 11.8 Å². The number of β-lactam (4-membered cyclic amide) rings is 1. The Balaban J connectivity index is 1.41.